The molecule has 2 heterocycles. The third-order valence-corrected chi connectivity index (χ3v) is 6.70. The maximum absolute atomic E-state index is 5.30. The summed E-state index contributed by atoms with van der Waals surface area (Å²) >= 11 is 4.11. The summed E-state index contributed by atoms with van der Waals surface area (Å²) in [5.41, 5.74) is 0. The van der Waals surface area contributed by atoms with Crippen molar-refractivity contribution in [1.29, 1.82) is 0 Å². The standard InChI is InChI=1S/C10H22N2S.C10H21NOS.C2H6.CH3.Rb/c1-10(2,3)13-9-8-12-6-4-11-5-7-12;1-10(2,3)13-9-6-11-4-7-12-8-5-11;1-2;;/h11H,4-9H2,1-3H3;4-9H2,1-3H3;1-2H3;1H3;/q;;;-1;+1. The van der Waals surface area contributed by atoms with Crippen LogP contribution in [0.15, 0.2) is 0 Å². The van der Waals surface area contributed by atoms with Crippen molar-refractivity contribution >= 4 is 23.5 Å². The van der Waals surface area contributed by atoms with Gasteiger partial charge in [0.05, 0.1) is 13.2 Å². The maximum Gasteiger partial charge on any atom is 1.00 e. The number of nitrogens with zero attached hydrogens (tertiary/aromatic N) is 2. The van der Waals surface area contributed by atoms with Gasteiger partial charge in [-0.25, -0.2) is 0 Å². The van der Waals surface area contributed by atoms with E-state index in [-0.39, 0.29) is 65.6 Å². The summed E-state index contributed by atoms with van der Waals surface area (Å²) in [6, 6.07) is 0. The molecule has 2 rings (SSSR count). The van der Waals surface area contributed by atoms with Gasteiger partial charge in [0.2, 0.25) is 0 Å². The van der Waals surface area contributed by atoms with Crippen LogP contribution in [0.4, 0.5) is 0 Å². The first kappa shape index (κ1) is 36.9. The van der Waals surface area contributed by atoms with Crippen LogP contribution >= 0.6 is 23.5 Å². The number of thioether (sulfide) groups is 2. The molecule has 0 aromatic heterocycles. The zero-order valence-electron chi connectivity index (χ0n) is 22.1. The third kappa shape index (κ3) is 25.0. The summed E-state index contributed by atoms with van der Waals surface area (Å²) in [5.74, 6) is 2.51. The molecular weight excluding hydrogens is 484 g/mol. The Bertz CT molecular complexity index is 317. The second-order valence-electron chi connectivity index (χ2n) is 8.97. The van der Waals surface area contributed by atoms with Gasteiger partial charge in [0, 0.05) is 73.4 Å². The Labute approximate surface area is 247 Å². The van der Waals surface area contributed by atoms with Crippen LogP contribution in [-0.4, -0.2) is 96.4 Å². The van der Waals surface area contributed by atoms with E-state index in [4.69, 9.17) is 4.74 Å². The minimum atomic E-state index is 0. The van der Waals surface area contributed by atoms with Gasteiger partial charge in [0.15, 0.2) is 0 Å². The molecule has 0 aromatic rings. The molecule has 2 aliphatic heterocycles. The number of morpholine rings is 1. The average molecular weight is 536 g/mol. The molecule has 2 aliphatic rings. The molecule has 30 heavy (non-hydrogen) atoms. The molecule has 0 atom stereocenters. The second-order valence-corrected chi connectivity index (χ2v) is 12.8. The van der Waals surface area contributed by atoms with Crippen molar-refractivity contribution in [3.05, 3.63) is 7.43 Å². The summed E-state index contributed by atoms with van der Waals surface area (Å²) in [6.07, 6.45) is 0. The van der Waals surface area contributed by atoms with Gasteiger partial charge >= 0.3 is 58.2 Å². The van der Waals surface area contributed by atoms with Crippen molar-refractivity contribution in [2.75, 3.05) is 77.1 Å². The smallest absolute Gasteiger partial charge is 0.379 e. The predicted octanol–water partition coefficient (Wildman–Crippen LogP) is 1.75. The van der Waals surface area contributed by atoms with E-state index in [1.54, 1.807) is 0 Å². The average Bonchev–Trinajstić information content (AvgIpc) is 2.64. The van der Waals surface area contributed by atoms with E-state index in [2.05, 4.69) is 68.4 Å². The van der Waals surface area contributed by atoms with Crippen LogP contribution in [0.1, 0.15) is 55.4 Å². The van der Waals surface area contributed by atoms with Crippen molar-refractivity contribution in [1.82, 2.24) is 15.1 Å². The maximum atomic E-state index is 5.30. The first-order chi connectivity index (χ1) is 13.2. The summed E-state index contributed by atoms with van der Waals surface area (Å²) in [4.78, 5) is 5.04. The Balaban J connectivity index is -0.000000423. The summed E-state index contributed by atoms with van der Waals surface area (Å²) in [6.45, 7) is 29.0. The number of hydrogen-bond acceptors (Lipinski definition) is 6. The van der Waals surface area contributed by atoms with E-state index in [1.807, 2.05) is 25.6 Å². The fraction of sp³-hybridized carbons (Fsp3) is 0.957. The normalized spacial score (nSPS) is 18.0. The van der Waals surface area contributed by atoms with Crippen LogP contribution in [0.2, 0.25) is 0 Å². The topological polar surface area (TPSA) is 27.7 Å². The Morgan fingerprint density at radius 1 is 0.733 bits per heavy atom. The molecule has 0 radical (unpaired) electrons. The zero-order chi connectivity index (χ0) is 21.5. The summed E-state index contributed by atoms with van der Waals surface area (Å²) in [5, 5.41) is 3.37. The van der Waals surface area contributed by atoms with Crippen LogP contribution < -0.4 is 63.5 Å². The molecule has 0 amide bonds. The van der Waals surface area contributed by atoms with Gasteiger partial charge in [-0.1, -0.05) is 55.4 Å². The molecule has 0 bridgehead atoms. The van der Waals surface area contributed by atoms with E-state index >= 15 is 0 Å². The van der Waals surface area contributed by atoms with Crippen LogP contribution in [-0.2, 0) is 4.74 Å². The van der Waals surface area contributed by atoms with E-state index in [0.29, 0.717) is 9.49 Å². The monoisotopic (exact) mass is 535 g/mol. The van der Waals surface area contributed by atoms with Gasteiger partial charge in [-0.05, 0) is 0 Å². The van der Waals surface area contributed by atoms with Crippen molar-refractivity contribution in [2.24, 2.45) is 0 Å². The Morgan fingerprint density at radius 3 is 1.47 bits per heavy atom. The van der Waals surface area contributed by atoms with E-state index in [0.717, 1.165) is 26.3 Å². The number of piperazine rings is 1. The van der Waals surface area contributed by atoms with Crippen molar-refractivity contribution in [3.63, 3.8) is 0 Å². The Morgan fingerprint density at radius 2 is 1.10 bits per heavy atom. The predicted molar refractivity (Wildman–Crippen MR) is 139 cm³/mol. The molecule has 0 aromatic carbocycles. The van der Waals surface area contributed by atoms with Gasteiger partial charge in [0.25, 0.3) is 0 Å². The van der Waals surface area contributed by atoms with Crippen LogP contribution in [0.5, 0.6) is 0 Å². The quantitative estimate of drug-likeness (QED) is 0.521. The third-order valence-electron chi connectivity index (χ3n) is 4.20. The molecule has 7 heteroatoms. The molecular formula is C23H52N3ORbS2. The van der Waals surface area contributed by atoms with Gasteiger partial charge in [-0.3, -0.25) is 9.80 Å². The zero-order valence-corrected chi connectivity index (χ0v) is 28.7. The molecule has 0 unspecified atom stereocenters. The van der Waals surface area contributed by atoms with Crippen molar-refractivity contribution < 1.29 is 62.9 Å². The van der Waals surface area contributed by atoms with Crippen LogP contribution in [0.25, 0.3) is 0 Å². The summed E-state index contributed by atoms with van der Waals surface area (Å²) < 4.78 is 6.13. The number of ether oxygens (including phenoxy) is 1. The molecule has 2 fully saturated rings. The Kier molecular flexibility index (Phi) is 26.9. The minimum absolute atomic E-state index is 0. The summed E-state index contributed by atoms with van der Waals surface area (Å²) in [7, 11) is 0. The number of nitrogens with one attached hydrogen (secondary N) is 1. The van der Waals surface area contributed by atoms with Crippen molar-refractivity contribution in [2.45, 2.75) is 64.9 Å². The van der Waals surface area contributed by atoms with Gasteiger partial charge in [-0.2, -0.15) is 23.5 Å². The molecule has 0 aliphatic carbocycles. The first-order valence-corrected chi connectivity index (χ1v) is 13.1. The molecule has 178 valence electrons. The van der Waals surface area contributed by atoms with Gasteiger partial charge < -0.3 is 17.5 Å². The van der Waals surface area contributed by atoms with E-state index < -0.39 is 0 Å². The first-order valence-electron chi connectivity index (χ1n) is 11.2. The van der Waals surface area contributed by atoms with Gasteiger partial charge in [-0.15, -0.1) is 0 Å². The van der Waals surface area contributed by atoms with Crippen LogP contribution in [0, 0.1) is 7.43 Å². The molecule has 4 nitrogen and oxygen atoms in total. The second kappa shape index (κ2) is 21.9. The van der Waals surface area contributed by atoms with Crippen LogP contribution in [0.3, 0.4) is 0 Å². The van der Waals surface area contributed by atoms with E-state index in [1.165, 1.54) is 50.8 Å². The van der Waals surface area contributed by atoms with E-state index in [9.17, 15) is 0 Å². The minimum Gasteiger partial charge on any atom is -0.379 e. The molecule has 0 spiro atoms. The largest absolute Gasteiger partial charge is 1.00 e. The molecule has 2 saturated heterocycles. The van der Waals surface area contributed by atoms with Gasteiger partial charge in [0.1, 0.15) is 0 Å². The SMILES string of the molecule is CC.CC(C)(C)SCCN1CCNCC1.CC(C)(C)SCCN1CCOCC1.[CH3-].[Rb+]. The Hall–Kier alpha value is 2.35. The molecule has 1 N–H and O–H groups in total. The van der Waals surface area contributed by atoms with Crippen molar-refractivity contribution in [3.8, 4) is 0 Å². The fourth-order valence-electron chi connectivity index (χ4n) is 2.72. The fourth-order valence-corrected chi connectivity index (χ4v) is 4.65. The number of rotatable bonds is 6. The number of hydrogen-bond donors (Lipinski definition) is 1. The molecule has 0 saturated carbocycles.